The van der Waals surface area contributed by atoms with Crippen LogP contribution in [0.1, 0.15) is 24.0 Å². The maximum absolute atomic E-state index is 13.5. The van der Waals surface area contributed by atoms with Crippen LogP contribution in [0.15, 0.2) is 41.3 Å². The van der Waals surface area contributed by atoms with Gasteiger partial charge >= 0.3 is 0 Å². The van der Waals surface area contributed by atoms with E-state index in [1.807, 2.05) is 0 Å². The molecule has 0 aliphatic carbocycles. The number of amides is 2. The Bertz CT molecular complexity index is 1270. The van der Waals surface area contributed by atoms with Crippen LogP contribution < -0.4 is 15.0 Å². The minimum atomic E-state index is -3.92. The number of nitrogens with one attached hydrogen (secondary N) is 1. The molecular formula is C25H30N4O5S. The molecule has 0 bridgehead atoms. The number of carbonyl (C=O) groups excluding carboxylic acids is 2. The molecule has 10 heteroatoms. The maximum atomic E-state index is 13.5. The van der Waals surface area contributed by atoms with Gasteiger partial charge in [-0.15, -0.1) is 0 Å². The monoisotopic (exact) mass is 498 g/mol. The summed E-state index contributed by atoms with van der Waals surface area (Å²) in [4.78, 5) is 29.2. The molecule has 3 heterocycles. The fourth-order valence-corrected chi connectivity index (χ4v) is 6.77. The SMILES string of the molecule is Cc1cccc(N2CCN(C(=O)[C@@H]3CCCN3S(=O)(=O)c3ccc4c(c3)NC(=O)CO4)CC2)c1C. The van der Waals surface area contributed by atoms with Crippen LogP contribution in [0.5, 0.6) is 5.75 Å². The highest BCUT2D eigenvalue weighted by Crippen LogP contribution is 2.34. The van der Waals surface area contributed by atoms with E-state index in [0.29, 0.717) is 57.0 Å². The zero-order valence-corrected chi connectivity index (χ0v) is 20.8. The number of carbonyl (C=O) groups is 2. The van der Waals surface area contributed by atoms with Crippen LogP contribution in [0, 0.1) is 13.8 Å². The highest BCUT2D eigenvalue weighted by molar-refractivity contribution is 7.89. The van der Waals surface area contributed by atoms with E-state index in [9.17, 15) is 18.0 Å². The molecule has 2 amide bonds. The molecule has 2 fully saturated rings. The Labute approximate surface area is 205 Å². The molecule has 3 aliphatic heterocycles. The predicted molar refractivity (Wildman–Crippen MR) is 132 cm³/mol. The van der Waals surface area contributed by atoms with E-state index in [0.717, 1.165) is 0 Å². The van der Waals surface area contributed by atoms with Gasteiger partial charge < -0.3 is 19.9 Å². The summed E-state index contributed by atoms with van der Waals surface area (Å²) < 4.78 is 33.7. The van der Waals surface area contributed by atoms with Crippen molar-refractivity contribution in [1.82, 2.24) is 9.21 Å². The third-order valence-corrected chi connectivity index (χ3v) is 9.09. The van der Waals surface area contributed by atoms with Crippen molar-refractivity contribution in [3.63, 3.8) is 0 Å². The molecule has 2 saturated heterocycles. The van der Waals surface area contributed by atoms with E-state index >= 15 is 0 Å². The molecule has 35 heavy (non-hydrogen) atoms. The van der Waals surface area contributed by atoms with Crippen molar-refractivity contribution in [1.29, 1.82) is 0 Å². The lowest BCUT2D eigenvalue weighted by Gasteiger charge is -2.38. The highest BCUT2D eigenvalue weighted by atomic mass is 32.2. The molecule has 0 spiro atoms. The first-order valence-electron chi connectivity index (χ1n) is 11.9. The normalized spacial score (nSPS) is 20.9. The second-order valence-corrected chi connectivity index (χ2v) is 11.2. The number of anilines is 2. The van der Waals surface area contributed by atoms with Crippen LogP contribution in [-0.2, 0) is 19.6 Å². The van der Waals surface area contributed by atoms with Crippen molar-refractivity contribution in [2.75, 3.05) is 49.5 Å². The molecule has 1 N–H and O–H groups in total. The fourth-order valence-electron chi connectivity index (χ4n) is 5.09. The van der Waals surface area contributed by atoms with E-state index in [4.69, 9.17) is 4.74 Å². The van der Waals surface area contributed by atoms with Crippen molar-refractivity contribution in [2.45, 2.75) is 37.6 Å². The molecule has 2 aromatic carbocycles. The summed E-state index contributed by atoms with van der Waals surface area (Å²) in [7, 11) is -3.92. The lowest BCUT2D eigenvalue weighted by atomic mass is 10.1. The van der Waals surface area contributed by atoms with Crippen LogP contribution in [0.3, 0.4) is 0 Å². The zero-order chi connectivity index (χ0) is 24.7. The summed E-state index contributed by atoms with van der Waals surface area (Å²) in [5, 5.41) is 2.65. The molecule has 0 saturated carbocycles. The topological polar surface area (TPSA) is 99.3 Å². The number of aryl methyl sites for hydroxylation is 1. The predicted octanol–water partition coefficient (Wildman–Crippen LogP) is 2.14. The second-order valence-electron chi connectivity index (χ2n) is 9.30. The summed E-state index contributed by atoms with van der Waals surface area (Å²) in [6, 6.07) is 9.96. The zero-order valence-electron chi connectivity index (χ0n) is 20.0. The Kier molecular flexibility index (Phi) is 6.18. The number of rotatable bonds is 4. The number of benzene rings is 2. The number of ether oxygens (including phenoxy) is 1. The van der Waals surface area contributed by atoms with Gasteiger partial charge in [-0.05, 0) is 62.1 Å². The Morgan fingerprint density at radius 3 is 2.60 bits per heavy atom. The highest BCUT2D eigenvalue weighted by Gasteiger charge is 2.42. The van der Waals surface area contributed by atoms with Gasteiger partial charge in [-0.3, -0.25) is 9.59 Å². The number of fused-ring (bicyclic) bond motifs is 1. The number of sulfonamides is 1. The van der Waals surface area contributed by atoms with Gasteiger partial charge in [-0.25, -0.2) is 8.42 Å². The van der Waals surface area contributed by atoms with E-state index < -0.39 is 16.1 Å². The average Bonchev–Trinajstić information content (AvgIpc) is 3.36. The van der Waals surface area contributed by atoms with Gasteiger partial charge in [0.2, 0.25) is 15.9 Å². The lowest BCUT2D eigenvalue weighted by molar-refractivity contribution is -0.134. The molecule has 0 aromatic heterocycles. The summed E-state index contributed by atoms with van der Waals surface area (Å²) in [6.45, 7) is 6.93. The molecule has 0 radical (unpaired) electrons. The van der Waals surface area contributed by atoms with Crippen LogP contribution in [-0.4, -0.2) is 74.8 Å². The van der Waals surface area contributed by atoms with Crippen molar-refractivity contribution in [2.24, 2.45) is 0 Å². The third kappa shape index (κ3) is 4.36. The fraction of sp³-hybridized carbons (Fsp3) is 0.440. The van der Waals surface area contributed by atoms with Gasteiger partial charge in [-0.2, -0.15) is 4.31 Å². The largest absolute Gasteiger partial charge is 0.482 e. The van der Waals surface area contributed by atoms with Crippen LogP contribution in [0.2, 0.25) is 0 Å². The first kappa shape index (κ1) is 23.6. The molecule has 2 aromatic rings. The van der Waals surface area contributed by atoms with E-state index in [-0.39, 0.29) is 23.3 Å². The Morgan fingerprint density at radius 1 is 1.06 bits per heavy atom. The average molecular weight is 499 g/mol. The van der Waals surface area contributed by atoms with Crippen LogP contribution >= 0.6 is 0 Å². The summed E-state index contributed by atoms with van der Waals surface area (Å²) >= 11 is 0. The van der Waals surface area contributed by atoms with Gasteiger partial charge in [0.05, 0.1) is 10.6 Å². The van der Waals surface area contributed by atoms with Crippen molar-refractivity contribution >= 4 is 33.2 Å². The first-order chi connectivity index (χ1) is 16.8. The molecule has 186 valence electrons. The summed E-state index contributed by atoms with van der Waals surface area (Å²) in [5.74, 6) is -0.0399. The lowest BCUT2D eigenvalue weighted by Crippen LogP contribution is -2.54. The molecule has 1 atom stereocenters. The van der Waals surface area contributed by atoms with E-state index in [1.165, 1.54) is 33.3 Å². The Hall–Kier alpha value is -3.11. The van der Waals surface area contributed by atoms with E-state index in [2.05, 4.69) is 42.3 Å². The van der Waals surface area contributed by atoms with Gasteiger partial charge in [-0.1, -0.05) is 12.1 Å². The van der Waals surface area contributed by atoms with Crippen molar-refractivity contribution in [3.05, 3.63) is 47.5 Å². The Balaban J connectivity index is 1.30. The summed E-state index contributed by atoms with van der Waals surface area (Å²) in [6.07, 6.45) is 1.13. The van der Waals surface area contributed by atoms with Gasteiger partial charge in [0.1, 0.15) is 11.8 Å². The number of piperazine rings is 1. The molecule has 0 unspecified atom stereocenters. The molecule has 3 aliphatic rings. The minimum absolute atomic E-state index is 0.0430. The molecule has 9 nitrogen and oxygen atoms in total. The van der Waals surface area contributed by atoms with Crippen molar-refractivity contribution < 1.29 is 22.7 Å². The second kappa shape index (κ2) is 9.16. The molecular weight excluding hydrogens is 468 g/mol. The third-order valence-electron chi connectivity index (χ3n) is 7.19. The summed E-state index contributed by atoms with van der Waals surface area (Å²) in [5.41, 5.74) is 3.99. The van der Waals surface area contributed by atoms with Gasteiger partial charge in [0.15, 0.2) is 6.61 Å². The van der Waals surface area contributed by atoms with Crippen LogP contribution in [0.4, 0.5) is 11.4 Å². The number of nitrogens with zero attached hydrogens (tertiary/aromatic N) is 3. The standard InChI is InChI=1S/C25H30N4O5S/c1-17-5-3-6-21(18(17)2)27-11-13-28(14-12-27)25(31)22-7-4-10-29(22)35(32,33)19-8-9-23-20(15-19)26-24(30)16-34-23/h3,5-6,8-9,15,22H,4,7,10-14,16H2,1-2H3,(H,26,30)/t22-/m0/s1. The number of hydrogen-bond donors (Lipinski definition) is 1. The maximum Gasteiger partial charge on any atom is 0.262 e. The first-order valence-corrected chi connectivity index (χ1v) is 13.4. The quantitative estimate of drug-likeness (QED) is 0.694. The van der Waals surface area contributed by atoms with Crippen LogP contribution in [0.25, 0.3) is 0 Å². The van der Waals surface area contributed by atoms with Gasteiger partial charge in [0.25, 0.3) is 5.91 Å². The van der Waals surface area contributed by atoms with Gasteiger partial charge in [0, 0.05) is 38.4 Å². The minimum Gasteiger partial charge on any atom is -0.482 e. The Morgan fingerprint density at radius 2 is 1.83 bits per heavy atom. The molecule has 5 rings (SSSR count). The van der Waals surface area contributed by atoms with E-state index in [1.54, 1.807) is 11.0 Å². The smallest absolute Gasteiger partial charge is 0.262 e. The van der Waals surface area contributed by atoms with Crippen molar-refractivity contribution in [3.8, 4) is 5.75 Å². The number of hydrogen-bond acceptors (Lipinski definition) is 6.